The van der Waals surface area contributed by atoms with E-state index in [-0.39, 0.29) is 5.91 Å². The number of nitrogens with zero attached hydrogens (tertiary/aromatic N) is 3. The number of likely N-dealkylation sites (tertiary alicyclic amines) is 1. The molecule has 5 nitrogen and oxygen atoms in total. The third-order valence-corrected chi connectivity index (χ3v) is 6.38. The molecular weight excluding hydrogens is 396 g/mol. The highest BCUT2D eigenvalue weighted by Gasteiger charge is 2.26. The van der Waals surface area contributed by atoms with E-state index in [2.05, 4.69) is 21.0 Å². The number of fused-ring (bicyclic) bond motifs is 2. The first kappa shape index (κ1) is 19.1. The summed E-state index contributed by atoms with van der Waals surface area (Å²) < 4.78 is 0. The van der Waals surface area contributed by atoms with Gasteiger partial charge in [0.1, 0.15) is 0 Å². The van der Waals surface area contributed by atoms with Gasteiger partial charge in [-0.15, -0.1) is 0 Å². The second-order valence-electron chi connectivity index (χ2n) is 8.12. The Hall–Kier alpha value is -2.92. The summed E-state index contributed by atoms with van der Waals surface area (Å²) in [7, 11) is 0. The molecule has 0 saturated carbocycles. The van der Waals surface area contributed by atoms with Crippen molar-refractivity contribution in [2.45, 2.75) is 32.6 Å². The summed E-state index contributed by atoms with van der Waals surface area (Å²) in [4.78, 5) is 27.7. The van der Waals surface area contributed by atoms with Gasteiger partial charge in [0.15, 0.2) is 0 Å². The predicted molar refractivity (Wildman–Crippen MR) is 120 cm³/mol. The number of hydrogen-bond donors (Lipinski definition) is 1. The molecule has 1 amide bonds. The Morgan fingerprint density at radius 3 is 2.50 bits per heavy atom. The molecule has 0 aliphatic carbocycles. The molecule has 2 aromatic heterocycles. The van der Waals surface area contributed by atoms with Crippen LogP contribution in [0.3, 0.4) is 0 Å². The molecule has 0 radical (unpaired) electrons. The number of piperidine rings is 1. The van der Waals surface area contributed by atoms with Gasteiger partial charge in [0, 0.05) is 46.2 Å². The van der Waals surface area contributed by atoms with Gasteiger partial charge in [0.25, 0.3) is 5.91 Å². The summed E-state index contributed by atoms with van der Waals surface area (Å²) in [5, 5.41) is 1.89. The predicted octanol–water partition coefficient (Wildman–Crippen LogP) is 5.40. The van der Waals surface area contributed by atoms with E-state index in [9.17, 15) is 4.79 Å². The molecule has 30 heavy (non-hydrogen) atoms. The van der Waals surface area contributed by atoms with Crippen molar-refractivity contribution in [2.24, 2.45) is 0 Å². The molecular formula is C24H23ClN4O. The number of aromatic nitrogens is 3. The lowest BCUT2D eigenvalue weighted by Crippen LogP contribution is -2.38. The number of hydrogen-bond acceptors (Lipinski definition) is 3. The maximum atomic E-state index is 13.1. The molecule has 1 saturated heterocycles. The van der Waals surface area contributed by atoms with Crippen LogP contribution in [0.15, 0.2) is 42.5 Å². The van der Waals surface area contributed by atoms with Crippen molar-refractivity contribution in [1.29, 1.82) is 0 Å². The number of halogens is 1. The molecule has 3 heterocycles. The summed E-state index contributed by atoms with van der Waals surface area (Å²) >= 11 is 6.11. The Morgan fingerprint density at radius 2 is 1.73 bits per heavy atom. The van der Waals surface area contributed by atoms with E-state index < -0.39 is 0 Å². The van der Waals surface area contributed by atoms with E-state index in [0.717, 1.165) is 64.3 Å². The molecule has 1 N–H and O–H groups in total. The lowest BCUT2D eigenvalue weighted by molar-refractivity contribution is 0.0712. The SMILES string of the molecule is Cc1nc2ccc(C(=O)N3CCC(c4cc5cc(Cl)ccc5[nH]4)CC3)cc2nc1C. The van der Waals surface area contributed by atoms with Crippen molar-refractivity contribution in [1.82, 2.24) is 19.9 Å². The molecule has 0 unspecified atom stereocenters. The van der Waals surface area contributed by atoms with Crippen LogP contribution in [0.25, 0.3) is 21.9 Å². The van der Waals surface area contributed by atoms with Crippen LogP contribution in [0.4, 0.5) is 0 Å². The first-order valence-corrected chi connectivity index (χ1v) is 10.7. The number of benzene rings is 2. The van der Waals surface area contributed by atoms with Crippen molar-refractivity contribution < 1.29 is 4.79 Å². The van der Waals surface area contributed by atoms with Crippen LogP contribution in [-0.4, -0.2) is 38.8 Å². The lowest BCUT2D eigenvalue weighted by atomic mass is 9.93. The molecule has 4 aromatic rings. The monoisotopic (exact) mass is 418 g/mol. The summed E-state index contributed by atoms with van der Waals surface area (Å²) in [6.07, 6.45) is 1.88. The van der Waals surface area contributed by atoms with Gasteiger partial charge in [-0.2, -0.15) is 0 Å². The standard InChI is InChI=1S/C24H23ClN4O/c1-14-15(2)27-23-12-17(3-5-21(23)26-14)24(30)29-9-7-16(8-10-29)22-13-18-11-19(25)4-6-20(18)28-22/h3-6,11-13,16,28H,7-10H2,1-2H3. The largest absolute Gasteiger partial charge is 0.358 e. The van der Waals surface area contributed by atoms with Crippen molar-refractivity contribution in [3.63, 3.8) is 0 Å². The van der Waals surface area contributed by atoms with Gasteiger partial charge in [-0.25, -0.2) is 9.97 Å². The minimum Gasteiger partial charge on any atom is -0.358 e. The van der Waals surface area contributed by atoms with Crippen LogP contribution < -0.4 is 0 Å². The second kappa shape index (κ2) is 7.40. The zero-order chi connectivity index (χ0) is 20.8. The van der Waals surface area contributed by atoms with Crippen molar-refractivity contribution in [3.05, 3.63) is 70.1 Å². The number of carbonyl (C=O) groups excluding carboxylic acids is 1. The van der Waals surface area contributed by atoms with Gasteiger partial charge in [0.2, 0.25) is 0 Å². The first-order valence-electron chi connectivity index (χ1n) is 10.3. The van der Waals surface area contributed by atoms with E-state index in [4.69, 9.17) is 11.6 Å². The zero-order valence-corrected chi connectivity index (χ0v) is 17.8. The molecule has 0 atom stereocenters. The Labute approximate surface area is 180 Å². The number of carbonyl (C=O) groups is 1. The molecule has 152 valence electrons. The van der Waals surface area contributed by atoms with E-state index in [0.29, 0.717) is 11.5 Å². The number of amides is 1. The van der Waals surface area contributed by atoms with E-state index in [1.165, 1.54) is 5.69 Å². The third kappa shape index (κ3) is 3.43. The van der Waals surface area contributed by atoms with Crippen LogP contribution in [0.1, 0.15) is 46.2 Å². The number of rotatable bonds is 2. The van der Waals surface area contributed by atoms with E-state index >= 15 is 0 Å². The van der Waals surface area contributed by atoms with Gasteiger partial charge in [-0.1, -0.05) is 11.6 Å². The number of H-pyrrole nitrogens is 1. The molecule has 6 heteroatoms. The lowest BCUT2D eigenvalue weighted by Gasteiger charge is -2.31. The second-order valence-corrected chi connectivity index (χ2v) is 8.56. The molecule has 1 aliphatic rings. The normalized spacial score (nSPS) is 15.2. The Bertz CT molecular complexity index is 1270. The van der Waals surface area contributed by atoms with Crippen LogP contribution in [-0.2, 0) is 0 Å². The van der Waals surface area contributed by atoms with Crippen molar-refractivity contribution in [2.75, 3.05) is 13.1 Å². The zero-order valence-electron chi connectivity index (χ0n) is 17.1. The Morgan fingerprint density at radius 1 is 1.00 bits per heavy atom. The van der Waals surface area contributed by atoms with E-state index in [1.54, 1.807) is 0 Å². The maximum absolute atomic E-state index is 13.1. The molecule has 1 fully saturated rings. The number of nitrogens with one attached hydrogen (secondary N) is 1. The summed E-state index contributed by atoms with van der Waals surface area (Å²) in [5.74, 6) is 0.493. The highest BCUT2D eigenvalue weighted by Crippen LogP contribution is 2.31. The smallest absolute Gasteiger partial charge is 0.253 e. The number of aryl methyl sites for hydroxylation is 2. The highest BCUT2D eigenvalue weighted by molar-refractivity contribution is 6.31. The molecule has 1 aliphatic heterocycles. The van der Waals surface area contributed by atoms with Gasteiger partial charge in [-0.3, -0.25) is 4.79 Å². The Kier molecular flexibility index (Phi) is 4.70. The summed E-state index contributed by atoms with van der Waals surface area (Å²) in [6.45, 7) is 5.39. The number of aromatic amines is 1. The summed E-state index contributed by atoms with van der Waals surface area (Å²) in [5.41, 5.74) is 6.43. The minimum atomic E-state index is 0.0683. The fourth-order valence-electron chi connectivity index (χ4n) is 4.29. The van der Waals surface area contributed by atoms with Gasteiger partial charge >= 0.3 is 0 Å². The van der Waals surface area contributed by atoms with Crippen molar-refractivity contribution >= 4 is 39.4 Å². The molecule has 2 aromatic carbocycles. The molecule has 0 spiro atoms. The third-order valence-electron chi connectivity index (χ3n) is 6.15. The van der Waals surface area contributed by atoms with Crippen LogP contribution in [0.5, 0.6) is 0 Å². The topological polar surface area (TPSA) is 61.9 Å². The van der Waals surface area contributed by atoms with Crippen LogP contribution >= 0.6 is 11.6 Å². The minimum absolute atomic E-state index is 0.0683. The Balaban J connectivity index is 1.31. The molecule has 5 rings (SSSR count). The summed E-state index contributed by atoms with van der Waals surface area (Å²) in [6, 6.07) is 13.7. The average molecular weight is 419 g/mol. The average Bonchev–Trinajstić information content (AvgIpc) is 3.17. The fourth-order valence-corrected chi connectivity index (χ4v) is 4.47. The van der Waals surface area contributed by atoms with Gasteiger partial charge in [0.05, 0.1) is 22.4 Å². The van der Waals surface area contributed by atoms with Crippen LogP contribution in [0.2, 0.25) is 5.02 Å². The first-order chi connectivity index (χ1) is 14.5. The van der Waals surface area contributed by atoms with Crippen molar-refractivity contribution in [3.8, 4) is 0 Å². The van der Waals surface area contributed by atoms with Crippen LogP contribution in [0, 0.1) is 13.8 Å². The highest BCUT2D eigenvalue weighted by atomic mass is 35.5. The van der Waals surface area contributed by atoms with Gasteiger partial charge in [-0.05, 0) is 69.2 Å². The fraction of sp³-hybridized carbons (Fsp3) is 0.292. The van der Waals surface area contributed by atoms with Gasteiger partial charge < -0.3 is 9.88 Å². The maximum Gasteiger partial charge on any atom is 0.253 e. The van der Waals surface area contributed by atoms with E-state index in [1.807, 2.05) is 55.1 Å². The molecule has 0 bridgehead atoms. The quantitative estimate of drug-likeness (QED) is 0.474.